The van der Waals surface area contributed by atoms with Gasteiger partial charge in [0.05, 0.1) is 28.7 Å². The predicted octanol–water partition coefficient (Wildman–Crippen LogP) is 3.32. The second kappa shape index (κ2) is 7.34. The number of fused-ring (bicyclic) bond motifs is 1. The zero-order valence-corrected chi connectivity index (χ0v) is 15.5. The molecule has 1 unspecified atom stereocenters. The van der Waals surface area contributed by atoms with E-state index < -0.39 is 10.5 Å². The summed E-state index contributed by atoms with van der Waals surface area (Å²) >= 11 is 0. The van der Waals surface area contributed by atoms with E-state index >= 15 is 0 Å². The van der Waals surface area contributed by atoms with E-state index in [1.54, 1.807) is 11.0 Å². The first kappa shape index (κ1) is 18.8. The van der Waals surface area contributed by atoms with Crippen molar-refractivity contribution in [2.45, 2.75) is 45.3 Å². The Labute approximate surface area is 156 Å². The molecule has 1 saturated heterocycles. The molecule has 1 atom stereocenters. The number of nitro benzene ring substituents is 1. The predicted molar refractivity (Wildman–Crippen MR) is 97.6 cm³/mol. The van der Waals surface area contributed by atoms with Crippen LogP contribution in [0.3, 0.4) is 0 Å². The molecule has 0 N–H and O–H groups in total. The number of likely N-dealkylation sites (tertiary alicyclic amines) is 1. The number of nitrogens with zero attached hydrogens (tertiary/aromatic N) is 4. The van der Waals surface area contributed by atoms with Crippen molar-refractivity contribution in [1.29, 1.82) is 0 Å². The molecule has 0 aliphatic carbocycles. The van der Waals surface area contributed by atoms with Gasteiger partial charge in [0.2, 0.25) is 5.88 Å². The summed E-state index contributed by atoms with van der Waals surface area (Å²) in [6.07, 6.45) is 2.47. The number of hydrogen-bond donors (Lipinski definition) is 0. The standard InChI is InChI=1S/C18H22N4O5/c1-18(2,3)27-17(23)21-8-4-5-13(11-21)26-16-10-19-15-9-12(22(24)25)6-7-14(15)20-16/h6-7,9-10,13H,4-5,8,11H2,1-3H3. The molecule has 1 aromatic carbocycles. The highest BCUT2D eigenvalue weighted by Crippen LogP contribution is 2.22. The molecule has 0 bridgehead atoms. The van der Waals surface area contributed by atoms with Crippen LogP contribution in [0.5, 0.6) is 5.88 Å². The molecule has 0 radical (unpaired) electrons. The molecule has 2 aromatic rings. The molecule has 3 rings (SSSR count). The van der Waals surface area contributed by atoms with Gasteiger partial charge in [0.15, 0.2) is 0 Å². The normalized spacial score (nSPS) is 17.6. The quantitative estimate of drug-likeness (QED) is 0.599. The van der Waals surface area contributed by atoms with Crippen LogP contribution in [0.1, 0.15) is 33.6 Å². The van der Waals surface area contributed by atoms with Crippen LogP contribution in [0.4, 0.5) is 10.5 Å². The number of carbonyl (C=O) groups excluding carboxylic acids is 1. The minimum Gasteiger partial charge on any atom is -0.471 e. The fraction of sp³-hybridized carbons (Fsp3) is 0.500. The Morgan fingerprint density at radius 2 is 2.11 bits per heavy atom. The van der Waals surface area contributed by atoms with Gasteiger partial charge >= 0.3 is 6.09 Å². The molecule has 9 nitrogen and oxygen atoms in total. The average molecular weight is 374 g/mol. The molecule has 1 fully saturated rings. The number of hydrogen-bond acceptors (Lipinski definition) is 7. The highest BCUT2D eigenvalue weighted by Gasteiger charge is 2.28. The van der Waals surface area contributed by atoms with Crippen molar-refractivity contribution in [2.75, 3.05) is 13.1 Å². The van der Waals surface area contributed by atoms with Crippen LogP contribution >= 0.6 is 0 Å². The molecule has 1 aliphatic rings. The Hall–Kier alpha value is -2.97. The Balaban J connectivity index is 1.68. The number of piperidine rings is 1. The van der Waals surface area contributed by atoms with Gasteiger partial charge in [-0.2, -0.15) is 0 Å². The lowest BCUT2D eigenvalue weighted by Crippen LogP contribution is -2.46. The van der Waals surface area contributed by atoms with Gasteiger partial charge in [-0.25, -0.2) is 14.8 Å². The molecular weight excluding hydrogens is 352 g/mol. The average Bonchev–Trinajstić information content (AvgIpc) is 2.60. The lowest BCUT2D eigenvalue weighted by molar-refractivity contribution is -0.384. The maximum atomic E-state index is 12.2. The first-order valence-electron chi connectivity index (χ1n) is 8.77. The van der Waals surface area contributed by atoms with Crippen molar-refractivity contribution in [3.05, 3.63) is 34.5 Å². The highest BCUT2D eigenvalue weighted by molar-refractivity contribution is 5.77. The van der Waals surface area contributed by atoms with Gasteiger partial charge in [-0.1, -0.05) is 0 Å². The molecule has 0 saturated carbocycles. The molecular formula is C18H22N4O5. The van der Waals surface area contributed by atoms with Crippen LogP contribution in [0, 0.1) is 10.1 Å². The molecule has 1 aliphatic heterocycles. The molecule has 2 heterocycles. The highest BCUT2D eigenvalue weighted by atomic mass is 16.6. The van der Waals surface area contributed by atoms with Crippen molar-refractivity contribution in [3.63, 3.8) is 0 Å². The third kappa shape index (κ3) is 4.81. The third-order valence-corrected chi connectivity index (χ3v) is 4.03. The molecule has 27 heavy (non-hydrogen) atoms. The first-order chi connectivity index (χ1) is 12.7. The Bertz CT molecular complexity index is 864. The largest absolute Gasteiger partial charge is 0.471 e. The Kier molecular flexibility index (Phi) is 5.11. The number of amides is 1. The van der Waals surface area contributed by atoms with Crippen LogP contribution < -0.4 is 4.74 Å². The topological polar surface area (TPSA) is 108 Å². The summed E-state index contributed by atoms with van der Waals surface area (Å²) in [6.45, 7) is 6.53. The smallest absolute Gasteiger partial charge is 0.410 e. The second-order valence-corrected chi connectivity index (χ2v) is 7.45. The van der Waals surface area contributed by atoms with Crippen molar-refractivity contribution < 1.29 is 19.2 Å². The van der Waals surface area contributed by atoms with Gasteiger partial charge in [-0.3, -0.25) is 10.1 Å². The summed E-state index contributed by atoms with van der Waals surface area (Å²) in [4.78, 5) is 32.8. The summed E-state index contributed by atoms with van der Waals surface area (Å²) < 4.78 is 11.3. The maximum absolute atomic E-state index is 12.2. The van der Waals surface area contributed by atoms with Gasteiger partial charge in [-0.05, 0) is 39.7 Å². The summed E-state index contributed by atoms with van der Waals surface area (Å²) in [5.74, 6) is 0.326. The zero-order chi connectivity index (χ0) is 19.6. The van der Waals surface area contributed by atoms with Gasteiger partial charge in [0, 0.05) is 18.7 Å². The van der Waals surface area contributed by atoms with Crippen molar-refractivity contribution in [3.8, 4) is 5.88 Å². The molecule has 144 valence electrons. The molecule has 1 aromatic heterocycles. The number of nitro groups is 1. The van der Waals surface area contributed by atoms with Crippen LogP contribution in [-0.4, -0.2) is 50.7 Å². The van der Waals surface area contributed by atoms with Crippen molar-refractivity contribution in [1.82, 2.24) is 14.9 Å². The summed E-state index contributed by atoms with van der Waals surface area (Å²) in [5, 5.41) is 10.8. The van der Waals surface area contributed by atoms with E-state index in [1.807, 2.05) is 20.8 Å². The van der Waals surface area contributed by atoms with Gasteiger partial charge in [0.1, 0.15) is 11.7 Å². The van der Waals surface area contributed by atoms with E-state index in [0.29, 0.717) is 30.0 Å². The first-order valence-corrected chi connectivity index (χ1v) is 8.77. The molecule has 9 heteroatoms. The monoisotopic (exact) mass is 374 g/mol. The minimum absolute atomic E-state index is 0.0363. The van der Waals surface area contributed by atoms with Crippen molar-refractivity contribution >= 4 is 22.8 Å². The number of carbonyl (C=O) groups is 1. The number of aromatic nitrogens is 2. The van der Waals surface area contributed by atoms with E-state index in [9.17, 15) is 14.9 Å². The Morgan fingerprint density at radius 1 is 1.33 bits per heavy atom. The van der Waals surface area contributed by atoms with Crippen LogP contribution in [-0.2, 0) is 4.74 Å². The molecule has 0 spiro atoms. The molecule has 1 amide bonds. The minimum atomic E-state index is -0.544. The number of rotatable bonds is 3. The van der Waals surface area contributed by atoms with E-state index in [-0.39, 0.29) is 17.9 Å². The SMILES string of the molecule is CC(C)(C)OC(=O)N1CCCC(Oc2cnc3cc([N+](=O)[O-])ccc3n2)C1. The van der Waals surface area contributed by atoms with Crippen molar-refractivity contribution in [2.24, 2.45) is 0 Å². The second-order valence-electron chi connectivity index (χ2n) is 7.45. The fourth-order valence-corrected chi connectivity index (χ4v) is 2.85. The number of ether oxygens (including phenoxy) is 2. The third-order valence-electron chi connectivity index (χ3n) is 4.03. The maximum Gasteiger partial charge on any atom is 0.410 e. The number of non-ortho nitro benzene ring substituents is 1. The summed E-state index contributed by atoms with van der Waals surface area (Å²) in [6, 6.07) is 4.30. The van der Waals surface area contributed by atoms with E-state index in [1.165, 1.54) is 18.3 Å². The van der Waals surface area contributed by atoms with Crippen LogP contribution in [0.25, 0.3) is 11.0 Å². The summed E-state index contributed by atoms with van der Waals surface area (Å²) in [5.41, 5.74) is 0.358. The van der Waals surface area contributed by atoms with Gasteiger partial charge in [0.25, 0.3) is 5.69 Å². The number of benzene rings is 1. The van der Waals surface area contributed by atoms with Gasteiger partial charge in [-0.15, -0.1) is 0 Å². The summed E-state index contributed by atoms with van der Waals surface area (Å²) in [7, 11) is 0. The van der Waals surface area contributed by atoms with Crippen LogP contribution in [0.2, 0.25) is 0 Å². The zero-order valence-electron chi connectivity index (χ0n) is 15.5. The van der Waals surface area contributed by atoms with E-state index in [0.717, 1.165) is 12.8 Å². The lowest BCUT2D eigenvalue weighted by atomic mass is 10.1. The Morgan fingerprint density at radius 3 is 2.81 bits per heavy atom. The van der Waals surface area contributed by atoms with Crippen LogP contribution in [0.15, 0.2) is 24.4 Å². The van der Waals surface area contributed by atoms with Gasteiger partial charge < -0.3 is 14.4 Å². The van der Waals surface area contributed by atoms with E-state index in [4.69, 9.17) is 9.47 Å². The van der Waals surface area contributed by atoms with E-state index in [2.05, 4.69) is 9.97 Å². The fourth-order valence-electron chi connectivity index (χ4n) is 2.85. The lowest BCUT2D eigenvalue weighted by Gasteiger charge is -2.33.